The van der Waals surface area contributed by atoms with E-state index in [2.05, 4.69) is 4.90 Å². The van der Waals surface area contributed by atoms with Crippen molar-refractivity contribution in [2.24, 2.45) is 0 Å². The van der Waals surface area contributed by atoms with E-state index in [0.29, 0.717) is 44.1 Å². The summed E-state index contributed by atoms with van der Waals surface area (Å²) in [6.07, 6.45) is 5.35. The maximum atomic E-state index is 13.8. The van der Waals surface area contributed by atoms with E-state index in [-0.39, 0.29) is 17.8 Å². The maximum absolute atomic E-state index is 13.8. The molecule has 0 spiro atoms. The Morgan fingerprint density at radius 2 is 1.30 bits per heavy atom. The van der Waals surface area contributed by atoms with Crippen molar-refractivity contribution in [1.29, 1.82) is 0 Å². The summed E-state index contributed by atoms with van der Waals surface area (Å²) in [6.45, 7) is 6.85. The molecule has 44 heavy (non-hydrogen) atoms. The van der Waals surface area contributed by atoms with Crippen molar-refractivity contribution in [1.82, 2.24) is 19.7 Å². The molecular weight excluding hydrogens is 552 g/mol. The fourth-order valence-corrected chi connectivity index (χ4v) is 6.23. The lowest BCUT2D eigenvalue weighted by molar-refractivity contribution is -0.143. The summed E-state index contributed by atoms with van der Waals surface area (Å²) in [6, 6.07) is 24.3. The van der Waals surface area contributed by atoms with Crippen LogP contribution in [0.25, 0.3) is 22.5 Å². The number of amides is 2. The lowest BCUT2D eigenvalue weighted by Gasteiger charge is -2.42. The van der Waals surface area contributed by atoms with Crippen molar-refractivity contribution >= 4 is 17.8 Å². The Hall–Kier alpha value is -4.04. The molecule has 0 N–H and O–H groups in total. The number of carbonyl (C=O) groups excluding carboxylic acids is 3. The molecule has 3 heterocycles. The predicted molar refractivity (Wildman–Crippen MR) is 172 cm³/mol. The van der Waals surface area contributed by atoms with Crippen molar-refractivity contribution in [2.75, 3.05) is 45.9 Å². The Kier molecular flexibility index (Phi) is 11.1. The monoisotopic (exact) mass is 596 g/mol. The van der Waals surface area contributed by atoms with Crippen LogP contribution >= 0.6 is 0 Å². The molecule has 8 heteroatoms. The van der Waals surface area contributed by atoms with Crippen LogP contribution in [-0.2, 0) is 14.3 Å². The SMILES string of the molecule is CCOC(=O)CCCCCC(=O)N1CCC(N2CCN(C(=O)c3cc(-c4ccccc4)nc(-c4ccccc4)c3)CC2)CC1. The second-order valence-electron chi connectivity index (χ2n) is 11.7. The fourth-order valence-electron chi connectivity index (χ4n) is 6.23. The summed E-state index contributed by atoms with van der Waals surface area (Å²) >= 11 is 0. The topological polar surface area (TPSA) is 83.1 Å². The third-order valence-corrected chi connectivity index (χ3v) is 8.72. The van der Waals surface area contributed by atoms with Crippen molar-refractivity contribution < 1.29 is 19.1 Å². The Labute approximate surface area is 261 Å². The Morgan fingerprint density at radius 3 is 1.86 bits per heavy atom. The first-order valence-electron chi connectivity index (χ1n) is 16.1. The van der Waals surface area contributed by atoms with E-state index in [4.69, 9.17) is 9.72 Å². The average Bonchev–Trinajstić information content (AvgIpc) is 3.08. The number of benzene rings is 2. The minimum atomic E-state index is -0.155. The number of hydrogen-bond acceptors (Lipinski definition) is 6. The molecule has 2 aliphatic rings. The number of carbonyl (C=O) groups is 3. The first-order chi connectivity index (χ1) is 21.5. The van der Waals surface area contributed by atoms with Gasteiger partial charge in [-0.3, -0.25) is 19.3 Å². The highest BCUT2D eigenvalue weighted by atomic mass is 16.5. The molecule has 2 saturated heterocycles. The highest BCUT2D eigenvalue weighted by Gasteiger charge is 2.30. The van der Waals surface area contributed by atoms with Crippen LogP contribution in [0.2, 0.25) is 0 Å². The van der Waals surface area contributed by atoms with Crippen LogP contribution < -0.4 is 0 Å². The van der Waals surface area contributed by atoms with Crippen LogP contribution in [0.5, 0.6) is 0 Å². The van der Waals surface area contributed by atoms with Gasteiger partial charge in [0.15, 0.2) is 0 Å². The van der Waals surface area contributed by atoms with Crippen LogP contribution in [0.3, 0.4) is 0 Å². The number of rotatable bonds is 11. The summed E-state index contributed by atoms with van der Waals surface area (Å²) in [4.78, 5) is 49.3. The van der Waals surface area contributed by atoms with E-state index in [1.54, 1.807) is 0 Å². The van der Waals surface area contributed by atoms with Gasteiger partial charge in [0.25, 0.3) is 5.91 Å². The molecule has 0 bridgehead atoms. The van der Waals surface area contributed by atoms with Gasteiger partial charge < -0.3 is 14.5 Å². The lowest BCUT2D eigenvalue weighted by atomic mass is 10.0. The van der Waals surface area contributed by atoms with E-state index in [1.807, 2.05) is 89.5 Å². The second-order valence-corrected chi connectivity index (χ2v) is 11.7. The highest BCUT2D eigenvalue weighted by Crippen LogP contribution is 2.26. The van der Waals surface area contributed by atoms with Gasteiger partial charge in [0.1, 0.15) is 0 Å². The smallest absolute Gasteiger partial charge is 0.305 e. The van der Waals surface area contributed by atoms with Crippen molar-refractivity contribution in [3.8, 4) is 22.5 Å². The van der Waals surface area contributed by atoms with Gasteiger partial charge in [-0.2, -0.15) is 0 Å². The molecule has 0 unspecified atom stereocenters. The van der Waals surface area contributed by atoms with Gasteiger partial charge in [0, 0.05) is 74.8 Å². The number of pyridine rings is 1. The molecule has 0 aliphatic carbocycles. The Morgan fingerprint density at radius 1 is 0.727 bits per heavy atom. The van der Waals surface area contributed by atoms with Crippen molar-refractivity contribution in [3.63, 3.8) is 0 Å². The number of hydrogen-bond donors (Lipinski definition) is 0. The Balaban J connectivity index is 1.11. The van der Waals surface area contributed by atoms with Crippen LogP contribution in [0.15, 0.2) is 72.8 Å². The van der Waals surface area contributed by atoms with Gasteiger partial charge in [-0.25, -0.2) is 4.98 Å². The third-order valence-electron chi connectivity index (χ3n) is 8.72. The standard InChI is InChI=1S/C36H44N4O4/c1-2-44-35(42)17-11-5-10-16-34(41)39-20-18-31(19-21-39)38-22-24-40(25-23-38)36(43)30-26-32(28-12-6-3-7-13-28)37-33(27-30)29-14-8-4-9-15-29/h3-4,6-9,12-15,26-27,31H,2,5,10-11,16-25H2,1H3. The van der Waals surface area contributed by atoms with Gasteiger partial charge >= 0.3 is 5.97 Å². The zero-order chi connectivity index (χ0) is 30.7. The summed E-state index contributed by atoms with van der Waals surface area (Å²) < 4.78 is 4.96. The molecule has 0 saturated carbocycles. The van der Waals surface area contributed by atoms with Gasteiger partial charge in [0.05, 0.1) is 18.0 Å². The van der Waals surface area contributed by atoms with Crippen molar-refractivity contribution in [2.45, 2.75) is 57.9 Å². The minimum absolute atomic E-state index is 0.0454. The number of piperidine rings is 1. The molecule has 8 nitrogen and oxygen atoms in total. The Bertz CT molecular complexity index is 1320. The molecule has 232 valence electrons. The fraction of sp³-hybridized carbons (Fsp3) is 0.444. The summed E-state index contributed by atoms with van der Waals surface area (Å²) in [5.41, 5.74) is 4.24. The van der Waals surface area contributed by atoms with E-state index in [1.165, 1.54) is 0 Å². The molecule has 0 atom stereocenters. The number of ether oxygens (including phenoxy) is 1. The first kappa shape index (κ1) is 31.4. The van der Waals surface area contributed by atoms with Crippen LogP contribution in [0.1, 0.15) is 62.2 Å². The molecule has 2 aromatic carbocycles. The quantitative estimate of drug-likeness (QED) is 0.209. The van der Waals surface area contributed by atoms with Crippen LogP contribution in [0, 0.1) is 0 Å². The van der Waals surface area contributed by atoms with Crippen molar-refractivity contribution in [3.05, 3.63) is 78.4 Å². The number of piperazine rings is 1. The number of esters is 1. The molecule has 2 amide bonds. The average molecular weight is 597 g/mol. The summed E-state index contributed by atoms with van der Waals surface area (Å²) in [7, 11) is 0. The zero-order valence-electron chi connectivity index (χ0n) is 25.8. The molecular formula is C36H44N4O4. The number of likely N-dealkylation sites (tertiary alicyclic amines) is 1. The molecule has 1 aromatic heterocycles. The van der Waals surface area contributed by atoms with E-state index in [9.17, 15) is 14.4 Å². The van der Waals surface area contributed by atoms with Gasteiger partial charge in [-0.1, -0.05) is 67.1 Å². The minimum Gasteiger partial charge on any atom is -0.466 e. The van der Waals surface area contributed by atoms with Crippen LogP contribution in [0.4, 0.5) is 0 Å². The second kappa shape index (κ2) is 15.6. The van der Waals surface area contributed by atoms with E-state index >= 15 is 0 Å². The first-order valence-corrected chi connectivity index (χ1v) is 16.1. The van der Waals surface area contributed by atoms with E-state index < -0.39 is 0 Å². The van der Waals surface area contributed by atoms with Gasteiger partial charge in [-0.05, 0) is 44.7 Å². The molecule has 2 aliphatic heterocycles. The normalized spacial score (nSPS) is 16.1. The largest absolute Gasteiger partial charge is 0.466 e. The molecule has 3 aromatic rings. The van der Waals surface area contributed by atoms with E-state index in [0.717, 1.165) is 80.8 Å². The molecule has 5 rings (SSSR count). The predicted octanol–water partition coefficient (Wildman–Crippen LogP) is 5.68. The molecule has 2 fully saturated rings. The lowest BCUT2D eigenvalue weighted by Crippen LogP contribution is -2.54. The third kappa shape index (κ3) is 8.32. The number of nitrogens with zero attached hydrogens (tertiary/aromatic N) is 4. The maximum Gasteiger partial charge on any atom is 0.305 e. The highest BCUT2D eigenvalue weighted by molar-refractivity contribution is 5.96. The summed E-state index contributed by atoms with van der Waals surface area (Å²) in [5.74, 6) is 0.110. The number of aromatic nitrogens is 1. The zero-order valence-corrected chi connectivity index (χ0v) is 25.8. The van der Waals surface area contributed by atoms with Gasteiger partial charge in [-0.15, -0.1) is 0 Å². The molecule has 0 radical (unpaired) electrons. The number of unbranched alkanes of at least 4 members (excludes halogenated alkanes) is 2. The summed E-state index contributed by atoms with van der Waals surface area (Å²) in [5, 5.41) is 0. The van der Waals surface area contributed by atoms with Crippen LogP contribution in [-0.4, -0.2) is 89.4 Å². The van der Waals surface area contributed by atoms with Gasteiger partial charge in [0.2, 0.25) is 5.91 Å².